The maximum Gasteiger partial charge on any atom is 0.251 e. The third-order valence-electron chi connectivity index (χ3n) is 1.38. The summed E-state index contributed by atoms with van der Waals surface area (Å²) in [5.74, 6) is -0.351. The number of carbonyl (C=O) groups is 1. The molecule has 0 spiro atoms. The topological polar surface area (TPSA) is 65.2 Å². The van der Waals surface area contributed by atoms with E-state index in [1.807, 2.05) is 0 Å². The third-order valence-corrected chi connectivity index (χ3v) is 2.40. The van der Waals surface area contributed by atoms with Crippen molar-refractivity contribution >= 4 is 33.4 Å². The van der Waals surface area contributed by atoms with Gasteiger partial charge in [-0.1, -0.05) is 11.6 Å². The lowest BCUT2D eigenvalue weighted by Crippen LogP contribution is -2.13. The second-order valence-electron chi connectivity index (χ2n) is 2.17. The summed E-state index contributed by atoms with van der Waals surface area (Å²) >= 11 is 8.82. The van der Waals surface area contributed by atoms with Crippen molar-refractivity contribution in [2.75, 3.05) is 7.11 Å². The van der Waals surface area contributed by atoms with Gasteiger partial charge in [0.2, 0.25) is 5.88 Å². The van der Waals surface area contributed by atoms with Crippen LogP contribution < -0.4 is 10.5 Å². The number of hydrogen-bond acceptors (Lipinski definition) is 3. The molecule has 6 heteroatoms. The van der Waals surface area contributed by atoms with Gasteiger partial charge in [-0.2, -0.15) is 0 Å². The number of methoxy groups -OCH3 is 1. The first-order chi connectivity index (χ1) is 6.07. The summed E-state index contributed by atoms with van der Waals surface area (Å²) in [7, 11) is 1.44. The summed E-state index contributed by atoms with van der Waals surface area (Å²) in [5.41, 5.74) is 5.28. The zero-order chi connectivity index (χ0) is 10.0. The Balaban J connectivity index is 3.38. The molecule has 1 rings (SSSR count). The second-order valence-corrected chi connectivity index (χ2v) is 3.37. The summed E-state index contributed by atoms with van der Waals surface area (Å²) in [6.07, 6.45) is 1.31. The van der Waals surface area contributed by atoms with Crippen molar-refractivity contribution in [3.8, 4) is 5.88 Å². The minimum absolute atomic E-state index is 0.175. The van der Waals surface area contributed by atoms with E-state index >= 15 is 0 Å². The number of aromatic nitrogens is 1. The van der Waals surface area contributed by atoms with Crippen molar-refractivity contribution in [2.45, 2.75) is 0 Å². The maximum atomic E-state index is 10.9. The van der Waals surface area contributed by atoms with Gasteiger partial charge in [0.15, 0.2) is 0 Å². The fourth-order valence-corrected chi connectivity index (χ4v) is 1.84. The number of carbonyl (C=O) groups excluding carboxylic acids is 1. The molecule has 1 aromatic heterocycles. The van der Waals surface area contributed by atoms with Gasteiger partial charge in [-0.3, -0.25) is 4.79 Å². The van der Waals surface area contributed by atoms with Crippen LogP contribution in [0.5, 0.6) is 5.88 Å². The molecule has 4 nitrogen and oxygen atoms in total. The van der Waals surface area contributed by atoms with E-state index in [9.17, 15) is 4.79 Å². The highest BCUT2D eigenvalue weighted by atomic mass is 79.9. The number of ether oxygens (including phenoxy) is 1. The molecule has 70 valence electrons. The van der Waals surface area contributed by atoms with E-state index in [0.29, 0.717) is 4.47 Å². The Morgan fingerprint density at radius 1 is 1.77 bits per heavy atom. The molecule has 1 heterocycles. The standard InChI is InChI=1S/C7H6BrClN2O2/c1-13-7-5(8)4(6(10)12)3(9)2-11-7/h2H,1H3,(H2,10,12). The highest BCUT2D eigenvalue weighted by Gasteiger charge is 2.16. The summed E-state index contributed by atoms with van der Waals surface area (Å²) in [6, 6.07) is 0. The number of pyridine rings is 1. The van der Waals surface area contributed by atoms with Crippen LogP contribution in [0.4, 0.5) is 0 Å². The molecule has 2 N–H and O–H groups in total. The van der Waals surface area contributed by atoms with Gasteiger partial charge in [0.05, 0.1) is 28.4 Å². The fraction of sp³-hybridized carbons (Fsp3) is 0.143. The van der Waals surface area contributed by atoms with Crippen LogP contribution in [0.1, 0.15) is 10.4 Å². The lowest BCUT2D eigenvalue weighted by Gasteiger charge is -2.06. The van der Waals surface area contributed by atoms with Gasteiger partial charge in [0.25, 0.3) is 5.91 Å². The molecule has 0 aliphatic rings. The molecule has 0 bridgehead atoms. The third kappa shape index (κ3) is 1.92. The van der Waals surface area contributed by atoms with E-state index in [0.717, 1.165) is 0 Å². The van der Waals surface area contributed by atoms with Crippen molar-refractivity contribution in [3.63, 3.8) is 0 Å². The molecule has 0 radical (unpaired) electrons. The van der Waals surface area contributed by atoms with Gasteiger partial charge in [0.1, 0.15) is 0 Å². The quantitative estimate of drug-likeness (QED) is 0.883. The Bertz CT molecular complexity index is 357. The van der Waals surface area contributed by atoms with E-state index in [2.05, 4.69) is 20.9 Å². The van der Waals surface area contributed by atoms with Gasteiger partial charge in [-0.25, -0.2) is 4.98 Å². The minimum Gasteiger partial charge on any atom is -0.480 e. The normalized spacial score (nSPS) is 9.77. The van der Waals surface area contributed by atoms with Crippen molar-refractivity contribution in [1.29, 1.82) is 0 Å². The summed E-state index contributed by atoms with van der Waals surface area (Å²) < 4.78 is 5.24. The average Bonchev–Trinajstić information content (AvgIpc) is 2.04. The molecule has 0 saturated carbocycles. The van der Waals surface area contributed by atoms with E-state index in [-0.39, 0.29) is 16.5 Å². The molecule has 0 unspecified atom stereocenters. The van der Waals surface area contributed by atoms with E-state index in [4.69, 9.17) is 22.1 Å². The van der Waals surface area contributed by atoms with Crippen LogP contribution in [0, 0.1) is 0 Å². The Kier molecular flexibility index (Phi) is 3.11. The lowest BCUT2D eigenvalue weighted by atomic mass is 10.2. The van der Waals surface area contributed by atoms with Crippen LogP contribution >= 0.6 is 27.5 Å². The first-order valence-corrected chi connectivity index (χ1v) is 4.42. The average molecular weight is 265 g/mol. The zero-order valence-corrected chi connectivity index (χ0v) is 9.02. The van der Waals surface area contributed by atoms with Gasteiger partial charge in [-0.05, 0) is 15.9 Å². The largest absolute Gasteiger partial charge is 0.480 e. The lowest BCUT2D eigenvalue weighted by molar-refractivity contribution is 0.0999. The van der Waals surface area contributed by atoms with E-state index < -0.39 is 5.91 Å². The molecular formula is C7H6BrClN2O2. The molecule has 0 atom stereocenters. The number of halogens is 2. The van der Waals surface area contributed by atoms with Crippen LogP contribution in [0.25, 0.3) is 0 Å². The van der Waals surface area contributed by atoms with Crippen molar-refractivity contribution in [1.82, 2.24) is 4.98 Å². The smallest absolute Gasteiger partial charge is 0.251 e. The number of nitrogens with two attached hydrogens (primary N) is 1. The van der Waals surface area contributed by atoms with Crippen LogP contribution in [0.2, 0.25) is 5.02 Å². The Morgan fingerprint density at radius 2 is 2.38 bits per heavy atom. The number of amides is 1. The summed E-state index contributed by atoms with van der Waals surface area (Å²) in [6.45, 7) is 0. The van der Waals surface area contributed by atoms with Crippen molar-refractivity contribution in [3.05, 3.63) is 21.3 Å². The molecule has 1 amide bonds. The predicted molar refractivity (Wildman–Crippen MR) is 52.0 cm³/mol. The Hall–Kier alpha value is -0.810. The number of hydrogen-bond donors (Lipinski definition) is 1. The highest BCUT2D eigenvalue weighted by Crippen LogP contribution is 2.30. The fourth-order valence-electron chi connectivity index (χ4n) is 0.816. The van der Waals surface area contributed by atoms with Crippen LogP contribution in [-0.2, 0) is 0 Å². The van der Waals surface area contributed by atoms with Crippen LogP contribution in [0.3, 0.4) is 0 Å². The Labute approximate surface area is 88.2 Å². The number of rotatable bonds is 2. The molecule has 1 aromatic rings. The summed E-state index contributed by atoms with van der Waals surface area (Å²) in [4.78, 5) is 14.8. The SMILES string of the molecule is COc1ncc(Cl)c(C(N)=O)c1Br. The first kappa shape index (κ1) is 10.3. The van der Waals surface area contributed by atoms with E-state index in [1.54, 1.807) is 0 Å². The second kappa shape index (κ2) is 3.93. The molecule has 0 aromatic carbocycles. The number of primary amides is 1. The molecule has 13 heavy (non-hydrogen) atoms. The molecule has 0 aliphatic carbocycles. The minimum atomic E-state index is -0.627. The summed E-state index contributed by atoms with van der Waals surface area (Å²) in [5, 5.41) is 0.195. The molecular weight excluding hydrogens is 259 g/mol. The molecule has 0 fully saturated rings. The zero-order valence-electron chi connectivity index (χ0n) is 6.67. The molecule has 0 saturated heterocycles. The first-order valence-electron chi connectivity index (χ1n) is 3.25. The van der Waals surface area contributed by atoms with Crippen molar-refractivity contribution in [2.24, 2.45) is 5.73 Å². The van der Waals surface area contributed by atoms with Crippen LogP contribution in [-0.4, -0.2) is 18.0 Å². The van der Waals surface area contributed by atoms with Gasteiger partial charge in [0, 0.05) is 0 Å². The van der Waals surface area contributed by atoms with Crippen molar-refractivity contribution < 1.29 is 9.53 Å². The van der Waals surface area contributed by atoms with Gasteiger partial charge in [-0.15, -0.1) is 0 Å². The monoisotopic (exact) mass is 264 g/mol. The van der Waals surface area contributed by atoms with Gasteiger partial charge >= 0.3 is 0 Å². The van der Waals surface area contributed by atoms with E-state index in [1.165, 1.54) is 13.3 Å². The predicted octanol–water partition coefficient (Wildman–Crippen LogP) is 1.60. The van der Waals surface area contributed by atoms with Crippen LogP contribution in [0.15, 0.2) is 10.7 Å². The number of nitrogens with zero attached hydrogens (tertiary/aromatic N) is 1. The molecule has 0 aliphatic heterocycles. The maximum absolute atomic E-state index is 10.9. The van der Waals surface area contributed by atoms with Gasteiger partial charge < -0.3 is 10.5 Å². The Morgan fingerprint density at radius 3 is 2.85 bits per heavy atom. The highest BCUT2D eigenvalue weighted by molar-refractivity contribution is 9.10.